The number of H-pyrrole nitrogens is 1. The summed E-state index contributed by atoms with van der Waals surface area (Å²) in [5, 5.41) is 8.84. The number of nitrogens with one attached hydrogen (secondary N) is 2. The van der Waals surface area contributed by atoms with Crippen molar-refractivity contribution in [3.8, 4) is 0 Å². The number of pyridine rings is 1. The molecule has 1 aromatic carbocycles. The Kier molecular flexibility index (Phi) is 6.12. The third kappa shape index (κ3) is 4.20. The van der Waals surface area contributed by atoms with Crippen molar-refractivity contribution >= 4 is 33.6 Å². The maximum Gasteiger partial charge on any atom is 0.259 e. The maximum atomic E-state index is 13.1. The molecule has 1 saturated carbocycles. The van der Waals surface area contributed by atoms with Crippen molar-refractivity contribution in [2.45, 2.75) is 45.1 Å². The number of piperazine rings is 1. The number of amides is 2. The molecule has 180 valence electrons. The third-order valence-corrected chi connectivity index (χ3v) is 7.30. The van der Waals surface area contributed by atoms with Crippen LogP contribution < -0.4 is 10.9 Å². The lowest BCUT2D eigenvalue weighted by Crippen LogP contribution is -2.47. The number of aryl methyl sites for hydroxylation is 1. The molecule has 1 aliphatic carbocycles. The largest absolute Gasteiger partial charge is 0.352 e. The van der Waals surface area contributed by atoms with E-state index >= 15 is 0 Å². The highest BCUT2D eigenvalue weighted by molar-refractivity contribution is 6.07. The predicted molar refractivity (Wildman–Crippen MR) is 131 cm³/mol. The van der Waals surface area contributed by atoms with Crippen LogP contribution in [0, 0.1) is 6.92 Å². The SMILES string of the molecule is Cc1cc2[nH]c(=O)c3cnn(C4CCCC4)c3c2cc1C(=O)NCCC(=O)N1CCN(C)CC1. The average Bonchev–Trinajstić information content (AvgIpc) is 3.49. The highest BCUT2D eigenvalue weighted by Gasteiger charge is 2.23. The summed E-state index contributed by atoms with van der Waals surface area (Å²) in [5.41, 5.74) is 2.66. The Hall–Kier alpha value is -3.20. The molecular weight excluding hydrogens is 432 g/mol. The number of carbonyl (C=O) groups excluding carboxylic acids is 2. The van der Waals surface area contributed by atoms with Gasteiger partial charge in [0, 0.05) is 50.1 Å². The molecule has 5 rings (SSSR count). The van der Waals surface area contributed by atoms with Crippen LogP contribution in [0.2, 0.25) is 0 Å². The van der Waals surface area contributed by atoms with Gasteiger partial charge in [0.1, 0.15) is 0 Å². The number of fused-ring (bicyclic) bond motifs is 3. The highest BCUT2D eigenvalue weighted by Crippen LogP contribution is 2.33. The quantitative estimate of drug-likeness (QED) is 0.603. The summed E-state index contributed by atoms with van der Waals surface area (Å²) in [6.07, 6.45) is 6.33. The van der Waals surface area contributed by atoms with E-state index in [2.05, 4.69) is 27.3 Å². The molecule has 9 heteroatoms. The number of hydrogen-bond acceptors (Lipinski definition) is 5. The van der Waals surface area contributed by atoms with Gasteiger partial charge in [-0.3, -0.25) is 19.1 Å². The summed E-state index contributed by atoms with van der Waals surface area (Å²) in [6, 6.07) is 3.99. The van der Waals surface area contributed by atoms with Gasteiger partial charge in [0.15, 0.2) is 0 Å². The van der Waals surface area contributed by atoms with Gasteiger partial charge in [-0.1, -0.05) is 12.8 Å². The maximum absolute atomic E-state index is 13.1. The zero-order chi connectivity index (χ0) is 23.8. The Labute approximate surface area is 198 Å². The van der Waals surface area contributed by atoms with Gasteiger partial charge in [-0.25, -0.2) is 0 Å². The number of carbonyl (C=O) groups is 2. The summed E-state index contributed by atoms with van der Waals surface area (Å²) < 4.78 is 1.98. The standard InChI is InChI=1S/C25H32N6O3/c1-16-13-21-19(23-20(25(34)28-21)15-27-31(23)17-5-3-4-6-17)14-18(16)24(33)26-8-7-22(32)30-11-9-29(2)10-12-30/h13-15,17H,3-12H2,1-2H3,(H,26,33)(H,28,34). The van der Waals surface area contributed by atoms with Gasteiger partial charge < -0.3 is 20.1 Å². The molecule has 2 fully saturated rings. The van der Waals surface area contributed by atoms with Crippen molar-refractivity contribution in [2.75, 3.05) is 39.8 Å². The molecule has 1 aliphatic heterocycles. The Morgan fingerprint density at radius 1 is 1.12 bits per heavy atom. The van der Waals surface area contributed by atoms with Crippen molar-refractivity contribution in [2.24, 2.45) is 0 Å². The van der Waals surface area contributed by atoms with Crippen LogP contribution >= 0.6 is 0 Å². The molecule has 9 nitrogen and oxygen atoms in total. The number of likely N-dealkylation sites (N-methyl/N-ethyl adjacent to an activating group) is 1. The zero-order valence-electron chi connectivity index (χ0n) is 19.9. The van der Waals surface area contributed by atoms with Crippen LogP contribution in [-0.2, 0) is 4.79 Å². The highest BCUT2D eigenvalue weighted by atomic mass is 16.2. The van der Waals surface area contributed by atoms with Crippen LogP contribution in [0.15, 0.2) is 23.1 Å². The van der Waals surface area contributed by atoms with E-state index in [1.54, 1.807) is 6.20 Å². The first kappa shape index (κ1) is 22.6. The van der Waals surface area contributed by atoms with Gasteiger partial charge in [0.25, 0.3) is 11.5 Å². The van der Waals surface area contributed by atoms with E-state index < -0.39 is 0 Å². The minimum Gasteiger partial charge on any atom is -0.352 e. The Balaban J connectivity index is 1.38. The molecule has 0 bridgehead atoms. The van der Waals surface area contributed by atoms with E-state index in [9.17, 15) is 14.4 Å². The third-order valence-electron chi connectivity index (χ3n) is 7.30. The molecule has 0 radical (unpaired) electrons. The topological polar surface area (TPSA) is 103 Å². The van der Waals surface area contributed by atoms with E-state index in [4.69, 9.17) is 0 Å². The van der Waals surface area contributed by atoms with Crippen molar-refractivity contribution in [3.63, 3.8) is 0 Å². The van der Waals surface area contributed by atoms with Crippen molar-refractivity contribution < 1.29 is 9.59 Å². The van der Waals surface area contributed by atoms with Gasteiger partial charge in [-0.05, 0) is 44.5 Å². The molecule has 0 unspecified atom stereocenters. The van der Waals surface area contributed by atoms with E-state index in [1.807, 2.05) is 28.6 Å². The monoisotopic (exact) mass is 464 g/mol. The fraction of sp³-hybridized carbons (Fsp3) is 0.520. The number of aromatic amines is 1. The summed E-state index contributed by atoms with van der Waals surface area (Å²) in [6.45, 7) is 5.37. The fourth-order valence-electron chi connectivity index (χ4n) is 5.26. The second-order valence-electron chi connectivity index (χ2n) is 9.65. The van der Waals surface area contributed by atoms with Crippen LogP contribution in [0.4, 0.5) is 0 Å². The van der Waals surface area contributed by atoms with Crippen LogP contribution in [-0.4, -0.2) is 76.2 Å². The Bertz CT molecular complexity index is 1300. The number of rotatable bonds is 5. The number of hydrogen-bond donors (Lipinski definition) is 2. The van der Waals surface area contributed by atoms with E-state index in [0.717, 1.165) is 68.3 Å². The molecule has 0 spiro atoms. The second-order valence-corrected chi connectivity index (χ2v) is 9.65. The van der Waals surface area contributed by atoms with Gasteiger partial charge in [0.05, 0.1) is 28.7 Å². The van der Waals surface area contributed by atoms with E-state index in [0.29, 0.717) is 23.0 Å². The molecule has 3 heterocycles. The molecule has 1 saturated heterocycles. The first-order valence-corrected chi connectivity index (χ1v) is 12.2. The predicted octanol–water partition coefficient (Wildman–Crippen LogP) is 2.20. The van der Waals surface area contributed by atoms with Gasteiger partial charge in [-0.15, -0.1) is 0 Å². The van der Waals surface area contributed by atoms with Crippen LogP contribution in [0.25, 0.3) is 21.8 Å². The number of aromatic nitrogens is 3. The lowest BCUT2D eigenvalue weighted by atomic mass is 10.0. The molecular formula is C25H32N6O3. The van der Waals surface area contributed by atoms with Crippen molar-refractivity contribution in [1.82, 2.24) is 29.9 Å². The Morgan fingerprint density at radius 2 is 1.85 bits per heavy atom. The molecule has 0 atom stereocenters. The zero-order valence-corrected chi connectivity index (χ0v) is 19.9. The van der Waals surface area contributed by atoms with E-state index in [1.165, 1.54) is 0 Å². The summed E-state index contributed by atoms with van der Waals surface area (Å²) in [4.78, 5) is 45.2. The molecule has 3 aromatic rings. The van der Waals surface area contributed by atoms with Gasteiger partial charge in [-0.2, -0.15) is 5.10 Å². The van der Waals surface area contributed by atoms with Crippen LogP contribution in [0.5, 0.6) is 0 Å². The van der Waals surface area contributed by atoms with E-state index in [-0.39, 0.29) is 29.8 Å². The first-order valence-electron chi connectivity index (χ1n) is 12.2. The molecule has 34 heavy (non-hydrogen) atoms. The van der Waals surface area contributed by atoms with Crippen LogP contribution in [0.3, 0.4) is 0 Å². The number of nitrogens with zero attached hydrogens (tertiary/aromatic N) is 4. The van der Waals surface area contributed by atoms with Crippen LogP contribution in [0.1, 0.15) is 54.1 Å². The summed E-state index contributed by atoms with van der Waals surface area (Å²) in [7, 11) is 2.05. The lowest BCUT2D eigenvalue weighted by Gasteiger charge is -2.32. The normalized spacial score (nSPS) is 17.6. The molecule has 2 amide bonds. The summed E-state index contributed by atoms with van der Waals surface area (Å²) >= 11 is 0. The molecule has 2 N–H and O–H groups in total. The molecule has 2 aliphatic rings. The first-order chi connectivity index (χ1) is 16.4. The minimum atomic E-state index is -0.211. The van der Waals surface area contributed by atoms with Crippen molar-refractivity contribution in [3.05, 3.63) is 39.8 Å². The lowest BCUT2D eigenvalue weighted by molar-refractivity contribution is -0.132. The summed E-state index contributed by atoms with van der Waals surface area (Å²) in [5.74, 6) is -0.139. The van der Waals surface area contributed by atoms with Gasteiger partial charge >= 0.3 is 0 Å². The number of benzene rings is 1. The molecule has 2 aromatic heterocycles. The fourth-order valence-corrected chi connectivity index (χ4v) is 5.26. The second kappa shape index (κ2) is 9.21. The van der Waals surface area contributed by atoms with Crippen molar-refractivity contribution in [1.29, 1.82) is 0 Å². The Morgan fingerprint density at radius 3 is 2.59 bits per heavy atom. The average molecular weight is 465 g/mol. The minimum absolute atomic E-state index is 0.0726. The van der Waals surface area contributed by atoms with Gasteiger partial charge in [0.2, 0.25) is 5.91 Å². The smallest absolute Gasteiger partial charge is 0.259 e.